The van der Waals surface area contributed by atoms with Crippen LogP contribution in [0.3, 0.4) is 0 Å². The molecule has 198 valence electrons. The van der Waals surface area contributed by atoms with E-state index in [-0.39, 0.29) is 35.6 Å². The molecule has 2 N–H and O–H groups in total. The van der Waals surface area contributed by atoms with Crippen molar-refractivity contribution < 1.29 is 32.3 Å². The Bertz CT molecular complexity index is 1210. The second-order valence-electron chi connectivity index (χ2n) is 9.76. The summed E-state index contributed by atoms with van der Waals surface area (Å²) in [7, 11) is 0. The number of carbonyl (C=O) groups is 3. The van der Waals surface area contributed by atoms with Crippen LogP contribution in [0, 0.1) is 5.92 Å². The maximum Gasteiger partial charge on any atom is 0.433 e. The Hall–Kier alpha value is -2.50. The number of Topliss-reactive ketones (excluding diaryl/α,β-unsaturated/α-hetero) is 1. The number of nitrogens with zero attached hydrogens (tertiary/aromatic N) is 2. The number of hydrogen-bond donors (Lipinski definition) is 1. The van der Waals surface area contributed by atoms with Gasteiger partial charge in [0.15, 0.2) is 5.78 Å². The second kappa shape index (κ2) is 9.99. The fraction of sp³-hybridized carbons (Fsp3) is 0.520. The van der Waals surface area contributed by atoms with E-state index in [0.29, 0.717) is 16.0 Å². The minimum atomic E-state index is -4.58. The third-order valence-electron chi connectivity index (χ3n) is 7.45. The number of nitrogens with two attached hydrogens (primary N) is 1. The van der Waals surface area contributed by atoms with Gasteiger partial charge < -0.3 is 15.4 Å². The van der Waals surface area contributed by atoms with Crippen molar-refractivity contribution in [2.75, 3.05) is 13.2 Å². The number of aromatic nitrogens is 1. The highest BCUT2D eigenvalue weighted by Gasteiger charge is 2.53. The molecule has 0 unspecified atom stereocenters. The third kappa shape index (κ3) is 4.88. The van der Waals surface area contributed by atoms with Gasteiger partial charge in [-0.3, -0.25) is 19.4 Å². The first-order valence-corrected chi connectivity index (χ1v) is 13.4. The Morgan fingerprint density at radius 2 is 1.95 bits per heavy atom. The smallest absolute Gasteiger partial charge is 0.366 e. The number of ketones is 1. The Morgan fingerprint density at radius 3 is 2.57 bits per heavy atom. The van der Waals surface area contributed by atoms with Crippen LogP contribution in [0.4, 0.5) is 13.2 Å². The van der Waals surface area contributed by atoms with Crippen LogP contribution in [0.1, 0.15) is 59.0 Å². The molecule has 2 aromatic rings. The van der Waals surface area contributed by atoms with Crippen molar-refractivity contribution in [1.29, 1.82) is 0 Å². The normalized spacial score (nSPS) is 25.4. The zero-order valence-corrected chi connectivity index (χ0v) is 21.2. The largest absolute Gasteiger partial charge is 0.433 e. The Kier molecular flexibility index (Phi) is 7.06. The lowest BCUT2D eigenvalue weighted by molar-refractivity contribution is -0.141. The number of carbonyl (C=O) groups excluding carboxylic acids is 3. The van der Waals surface area contributed by atoms with Gasteiger partial charge in [0.2, 0.25) is 5.91 Å². The van der Waals surface area contributed by atoms with Gasteiger partial charge in [-0.05, 0) is 42.5 Å². The van der Waals surface area contributed by atoms with Crippen molar-refractivity contribution in [2.45, 2.75) is 61.7 Å². The minimum Gasteiger partial charge on any atom is -0.366 e. The fourth-order valence-electron chi connectivity index (χ4n) is 5.74. The van der Waals surface area contributed by atoms with Gasteiger partial charge in [-0.15, -0.1) is 22.9 Å². The SMILES string of the molecule is NC(=O)c1sc(-c2ccc(C(F)(F)F)nc2)cc1[C@@H](C(=O)N1C[C@H](Cl)[C@H]2OCC(=O)[C@H]21)C1CCCCC1. The molecule has 0 radical (unpaired) electrons. The molecular formula is C25H25ClF3N3O4S. The average molecular weight is 556 g/mol. The lowest BCUT2D eigenvalue weighted by Crippen LogP contribution is -2.46. The molecule has 12 heteroatoms. The topological polar surface area (TPSA) is 103 Å². The van der Waals surface area contributed by atoms with Gasteiger partial charge in [0.25, 0.3) is 5.91 Å². The summed E-state index contributed by atoms with van der Waals surface area (Å²) in [6.07, 6.45) is 0.354. The number of pyridine rings is 1. The molecule has 2 aliphatic heterocycles. The Labute approximate surface area is 220 Å². The first-order chi connectivity index (χ1) is 17.6. The zero-order chi connectivity index (χ0) is 26.5. The molecule has 2 saturated heterocycles. The van der Waals surface area contributed by atoms with Gasteiger partial charge in [0.05, 0.1) is 16.2 Å². The maximum absolute atomic E-state index is 14.1. The second-order valence-corrected chi connectivity index (χ2v) is 11.4. The number of halogens is 4. The van der Waals surface area contributed by atoms with E-state index in [9.17, 15) is 27.6 Å². The van der Waals surface area contributed by atoms with Crippen molar-refractivity contribution in [3.8, 4) is 10.4 Å². The summed E-state index contributed by atoms with van der Waals surface area (Å²) in [5, 5.41) is -0.528. The van der Waals surface area contributed by atoms with Crippen LogP contribution in [0.25, 0.3) is 10.4 Å². The molecular weight excluding hydrogens is 531 g/mol. The van der Waals surface area contributed by atoms with Crippen LogP contribution in [0.2, 0.25) is 0 Å². The van der Waals surface area contributed by atoms with Gasteiger partial charge >= 0.3 is 6.18 Å². The summed E-state index contributed by atoms with van der Waals surface area (Å²) >= 11 is 7.46. The molecule has 1 saturated carbocycles. The van der Waals surface area contributed by atoms with Crippen molar-refractivity contribution in [3.63, 3.8) is 0 Å². The van der Waals surface area contributed by atoms with Crippen molar-refractivity contribution in [2.24, 2.45) is 11.7 Å². The molecule has 1 aliphatic carbocycles. The van der Waals surface area contributed by atoms with Gasteiger partial charge in [-0.1, -0.05) is 19.3 Å². The van der Waals surface area contributed by atoms with Gasteiger partial charge in [-0.2, -0.15) is 13.2 Å². The van der Waals surface area contributed by atoms with Crippen LogP contribution in [-0.2, 0) is 20.5 Å². The highest BCUT2D eigenvalue weighted by molar-refractivity contribution is 7.17. The maximum atomic E-state index is 14.1. The van der Waals surface area contributed by atoms with E-state index in [1.54, 1.807) is 6.07 Å². The molecule has 0 aromatic carbocycles. The molecule has 4 atom stereocenters. The number of rotatable bonds is 5. The summed E-state index contributed by atoms with van der Waals surface area (Å²) < 4.78 is 44.5. The molecule has 3 fully saturated rings. The molecule has 37 heavy (non-hydrogen) atoms. The highest BCUT2D eigenvalue weighted by atomic mass is 35.5. The Balaban J connectivity index is 1.55. The van der Waals surface area contributed by atoms with Crippen molar-refractivity contribution in [3.05, 3.63) is 40.5 Å². The van der Waals surface area contributed by atoms with Crippen LogP contribution in [0.5, 0.6) is 0 Å². The van der Waals surface area contributed by atoms with Gasteiger partial charge in [0, 0.05) is 23.2 Å². The van der Waals surface area contributed by atoms with Crippen LogP contribution in [-0.4, -0.2) is 58.2 Å². The van der Waals surface area contributed by atoms with Crippen LogP contribution < -0.4 is 5.73 Å². The molecule has 0 bridgehead atoms. The number of amides is 2. The van der Waals surface area contributed by atoms with E-state index in [1.807, 2.05) is 0 Å². The molecule has 2 amide bonds. The summed E-state index contributed by atoms with van der Waals surface area (Å²) in [6.45, 7) is 0.0445. The number of ether oxygens (including phenoxy) is 1. The molecule has 2 aromatic heterocycles. The summed E-state index contributed by atoms with van der Waals surface area (Å²) in [5.41, 5.74) is 5.51. The van der Waals surface area contributed by atoms with E-state index in [1.165, 1.54) is 11.0 Å². The number of hydrogen-bond acceptors (Lipinski definition) is 6. The number of likely N-dealkylation sites (tertiary alicyclic amines) is 1. The monoisotopic (exact) mass is 555 g/mol. The molecule has 0 spiro atoms. The summed E-state index contributed by atoms with van der Waals surface area (Å²) in [4.78, 5) is 44.9. The highest BCUT2D eigenvalue weighted by Crippen LogP contribution is 2.45. The van der Waals surface area contributed by atoms with Gasteiger partial charge in [-0.25, -0.2) is 0 Å². The molecule has 4 heterocycles. The van der Waals surface area contributed by atoms with E-state index < -0.39 is 41.2 Å². The van der Waals surface area contributed by atoms with Gasteiger partial charge in [0.1, 0.15) is 24.4 Å². The predicted octanol–water partition coefficient (Wildman–Crippen LogP) is 4.38. The number of alkyl halides is 4. The summed E-state index contributed by atoms with van der Waals surface area (Å²) in [6, 6.07) is 3.05. The van der Waals surface area contributed by atoms with Crippen LogP contribution >= 0.6 is 22.9 Å². The van der Waals surface area contributed by atoms with E-state index >= 15 is 0 Å². The number of primary amides is 1. The number of fused-ring (bicyclic) bond motifs is 1. The first kappa shape index (κ1) is 26.1. The third-order valence-corrected chi connectivity index (χ3v) is 9.05. The lowest BCUT2D eigenvalue weighted by Gasteiger charge is -2.34. The standard InChI is InChI=1S/C25H25ClF3N3O4S/c26-15-10-32(20-16(33)11-36-21(15)20)24(35)19(12-4-2-1-3-5-12)14-8-17(37-22(14)23(30)34)13-6-7-18(31-9-13)25(27,28)29/h6-9,12,15,19-21H,1-5,10-11H2,(H2,30,34)/t15-,19-,20+,21+/m0/s1. The number of thiophene rings is 1. The average Bonchev–Trinajstić information content (AvgIpc) is 3.56. The van der Waals surface area contributed by atoms with E-state index in [4.69, 9.17) is 22.1 Å². The Morgan fingerprint density at radius 1 is 1.22 bits per heavy atom. The van der Waals surface area contributed by atoms with Crippen molar-refractivity contribution >= 4 is 40.5 Å². The van der Waals surface area contributed by atoms with Crippen LogP contribution in [0.15, 0.2) is 24.4 Å². The zero-order valence-electron chi connectivity index (χ0n) is 19.7. The fourth-order valence-corrected chi connectivity index (χ4v) is 7.14. The lowest BCUT2D eigenvalue weighted by atomic mass is 9.75. The first-order valence-electron chi connectivity index (χ1n) is 12.1. The predicted molar refractivity (Wildman–Crippen MR) is 130 cm³/mol. The quantitative estimate of drug-likeness (QED) is 0.552. The van der Waals surface area contributed by atoms with Crippen molar-refractivity contribution in [1.82, 2.24) is 9.88 Å². The molecule has 5 rings (SSSR count). The minimum absolute atomic E-state index is 0.0854. The molecule has 3 aliphatic rings. The van der Waals surface area contributed by atoms with E-state index in [0.717, 1.165) is 55.7 Å². The molecule has 7 nitrogen and oxygen atoms in total. The summed E-state index contributed by atoms with van der Waals surface area (Å²) in [5.74, 6) is -2.07. The van der Waals surface area contributed by atoms with E-state index in [2.05, 4.69) is 4.98 Å².